The average molecular weight is 552 g/mol. The molecule has 1 aromatic carbocycles. The summed E-state index contributed by atoms with van der Waals surface area (Å²) in [5, 5.41) is 3.51. The molecular formula is C20H31BrIN3O2. The normalized spacial score (nSPS) is 21.2. The van der Waals surface area contributed by atoms with Gasteiger partial charge >= 0.3 is 0 Å². The molecule has 152 valence electrons. The first-order valence-corrected chi connectivity index (χ1v) is 10.4. The smallest absolute Gasteiger partial charge is 0.193 e. The van der Waals surface area contributed by atoms with Crippen molar-refractivity contribution in [2.45, 2.75) is 51.4 Å². The van der Waals surface area contributed by atoms with Gasteiger partial charge < -0.3 is 19.7 Å². The van der Waals surface area contributed by atoms with Gasteiger partial charge in [-0.1, -0.05) is 22.0 Å². The maximum absolute atomic E-state index is 6.07. The number of aryl methyl sites for hydroxylation is 1. The molecule has 5 nitrogen and oxygen atoms in total. The van der Waals surface area contributed by atoms with Gasteiger partial charge in [-0.15, -0.1) is 24.0 Å². The van der Waals surface area contributed by atoms with E-state index < -0.39 is 0 Å². The summed E-state index contributed by atoms with van der Waals surface area (Å²) in [6.45, 7) is 6.54. The first kappa shape index (κ1) is 22.9. The Balaban J connectivity index is 0.00000261. The Kier molecular flexibility index (Phi) is 9.82. The molecule has 2 aliphatic heterocycles. The number of halogens is 2. The van der Waals surface area contributed by atoms with E-state index in [0.717, 1.165) is 62.5 Å². The third-order valence-corrected chi connectivity index (χ3v) is 5.73. The lowest BCUT2D eigenvalue weighted by atomic mass is 10.1. The van der Waals surface area contributed by atoms with Crippen LogP contribution in [0.5, 0.6) is 0 Å². The van der Waals surface area contributed by atoms with Crippen molar-refractivity contribution < 1.29 is 9.47 Å². The number of hydrogen-bond acceptors (Lipinski definition) is 3. The average Bonchev–Trinajstić information content (AvgIpc) is 3.16. The molecule has 2 fully saturated rings. The van der Waals surface area contributed by atoms with Gasteiger partial charge in [-0.05, 0) is 55.9 Å². The topological polar surface area (TPSA) is 46.1 Å². The van der Waals surface area contributed by atoms with Crippen LogP contribution in [0.1, 0.15) is 36.8 Å². The van der Waals surface area contributed by atoms with Crippen molar-refractivity contribution in [3.63, 3.8) is 0 Å². The molecule has 0 aromatic heterocycles. The number of likely N-dealkylation sites (tertiary alicyclic amines) is 1. The highest BCUT2D eigenvalue weighted by atomic mass is 127. The lowest BCUT2D eigenvalue weighted by molar-refractivity contribution is -0.0367. The summed E-state index contributed by atoms with van der Waals surface area (Å²) in [6, 6.07) is 6.39. The fourth-order valence-electron chi connectivity index (χ4n) is 3.62. The molecule has 1 atom stereocenters. The molecule has 0 spiro atoms. The lowest BCUT2D eigenvalue weighted by Gasteiger charge is -2.34. The quantitative estimate of drug-likeness (QED) is 0.340. The van der Waals surface area contributed by atoms with Crippen molar-refractivity contribution in [1.82, 2.24) is 10.2 Å². The van der Waals surface area contributed by atoms with Gasteiger partial charge in [0, 0.05) is 37.8 Å². The van der Waals surface area contributed by atoms with Gasteiger partial charge in [-0.3, -0.25) is 4.99 Å². The summed E-state index contributed by atoms with van der Waals surface area (Å²) in [4.78, 5) is 6.80. The fourth-order valence-corrected chi connectivity index (χ4v) is 4.09. The number of guanidine groups is 1. The van der Waals surface area contributed by atoms with Crippen molar-refractivity contribution >= 4 is 45.9 Å². The van der Waals surface area contributed by atoms with E-state index in [4.69, 9.17) is 9.47 Å². The molecule has 0 radical (unpaired) electrons. The number of rotatable bonds is 5. The van der Waals surface area contributed by atoms with E-state index in [1.807, 2.05) is 7.05 Å². The zero-order valence-corrected chi connectivity index (χ0v) is 20.2. The lowest BCUT2D eigenvalue weighted by Crippen LogP contribution is -2.47. The molecule has 2 saturated heterocycles. The largest absolute Gasteiger partial charge is 0.376 e. The Morgan fingerprint density at radius 3 is 2.74 bits per heavy atom. The molecule has 7 heteroatoms. The summed E-state index contributed by atoms with van der Waals surface area (Å²) in [6.07, 6.45) is 5.08. The Morgan fingerprint density at radius 2 is 2.11 bits per heavy atom. The molecule has 2 heterocycles. The standard InChI is InChI=1S/C20H30BrN3O2.HI/c1-15-12-17(21)6-5-16(15)13-23-20(22-2)24-9-7-18(8-10-24)26-14-19-4-3-11-25-19;/h5-6,12,18-19H,3-4,7-11,13-14H2,1-2H3,(H,22,23);1H. The van der Waals surface area contributed by atoms with E-state index in [-0.39, 0.29) is 24.0 Å². The molecule has 3 rings (SSSR count). The molecule has 1 N–H and O–H groups in total. The maximum atomic E-state index is 6.07. The molecule has 27 heavy (non-hydrogen) atoms. The van der Waals surface area contributed by atoms with Crippen LogP contribution in [0, 0.1) is 6.92 Å². The van der Waals surface area contributed by atoms with E-state index in [9.17, 15) is 0 Å². The van der Waals surface area contributed by atoms with Crippen LogP contribution in [-0.2, 0) is 16.0 Å². The summed E-state index contributed by atoms with van der Waals surface area (Å²) in [7, 11) is 1.86. The van der Waals surface area contributed by atoms with Crippen LogP contribution in [0.15, 0.2) is 27.7 Å². The minimum atomic E-state index is 0. The molecule has 0 aliphatic carbocycles. The minimum absolute atomic E-state index is 0. The van der Waals surface area contributed by atoms with Gasteiger partial charge in [-0.2, -0.15) is 0 Å². The fraction of sp³-hybridized carbons (Fsp3) is 0.650. The number of benzene rings is 1. The molecule has 0 amide bonds. The van der Waals surface area contributed by atoms with E-state index in [2.05, 4.69) is 56.3 Å². The van der Waals surface area contributed by atoms with E-state index in [0.29, 0.717) is 12.2 Å². The van der Waals surface area contributed by atoms with Crippen LogP contribution < -0.4 is 5.32 Å². The highest BCUT2D eigenvalue weighted by Gasteiger charge is 2.24. The molecule has 0 saturated carbocycles. The van der Waals surface area contributed by atoms with Crippen LogP contribution in [0.3, 0.4) is 0 Å². The molecule has 1 unspecified atom stereocenters. The summed E-state index contributed by atoms with van der Waals surface area (Å²) in [5.74, 6) is 0.977. The van der Waals surface area contributed by atoms with Crippen LogP contribution in [-0.4, -0.2) is 56.4 Å². The van der Waals surface area contributed by atoms with Gasteiger partial charge in [-0.25, -0.2) is 0 Å². The SMILES string of the molecule is CN=C(NCc1ccc(Br)cc1C)N1CCC(OCC2CCCO2)CC1.I. The Morgan fingerprint density at radius 1 is 1.33 bits per heavy atom. The highest BCUT2D eigenvalue weighted by molar-refractivity contribution is 14.0. The van der Waals surface area contributed by atoms with Crippen LogP contribution in [0.2, 0.25) is 0 Å². The number of piperidine rings is 1. The first-order valence-electron chi connectivity index (χ1n) is 9.59. The minimum Gasteiger partial charge on any atom is -0.376 e. The summed E-state index contributed by atoms with van der Waals surface area (Å²) < 4.78 is 12.8. The van der Waals surface area contributed by atoms with Crippen molar-refractivity contribution in [2.24, 2.45) is 4.99 Å². The highest BCUT2D eigenvalue weighted by Crippen LogP contribution is 2.19. The summed E-state index contributed by atoms with van der Waals surface area (Å²) in [5.41, 5.74) is 2.58. The van der Waals surface area contributed by atoms with Gasteiger partial charge in [0.15, 0.2) is 5.96 Å². The Bertz CT molecular complexity index is 615. The second kappa shape index (κ2) is 11.6. The van der Waals surface area contributed by atoms with Crippen LogP contribution >= 0.6 is 39.9 Å². The molecule has 1 aromatic rings. The zero-order valence-electron chi connectivity index (χ0n) is 16.2. The van der Waals surface area contributed by atoms with Crippen LogP contribution in [0.4, 0.5) is 0 Å². The predicted molar refractivity (Wildman–Crippen MR) is 124 cm³/mol. The molecule has 2 aliphatic rings. The van der Waals surface area contributed by atoms with E-state index >= 15 is 0 Å². The van der Waals surface area contributed by atoms with Gasteiger partial charge in [0.1, 0.15) is 0 Å². The van der Waals surface area contributed by atoms with Gasteiger partial charge in [0.05, 0.1) is 18.8 Å². The number of nitrogens with one attached hydrogen (secondary N) is 1. The molecular weight excluding hydrogens is 521 g/mol. The van der Waals surface area contributed by atoms with E-state index in [1.165, 1.54) is 17.5 Å². The number of nitrogens with zero attached hydrogens (tertiary/aromatic N) is 2. The Hall–Kier alpha value is -0.380. The third kappa shape index (κ3) is 6.87. The second-order valence-electron chi connectivity index (χ2n) is 7.13. The van der Waals surface area contributed by atoms with Gasteiger partial charge in [0.2, 0.25) is 0 Å². The zero-order chi connectivity index (χ0) is 18.4. The predicted octanol–water partition coefficient (Wildman–Crippen LogP) is 4.11. The molecule has 0 bridgehead atoms. The number of hydrogen-bond donors (Lipinski definition) is 1. The van der Waals surface area contributed by atoms with Crippen LogP contribution in [0.25, 0.3) is 0 Å². The van der Waals surface area contributed by atoms with E-state index in [1.54, 1.807) is 0 Å². The number of ether oxygens (including phenoxy) is 2. The van der Waals surface area contributed by atoms with Crippen molar-refractivity contribution in [3.8, 4) is 0 Å². The second-order valence-corrected chi connectivity index (χ2v) is 8.04. The summed E-state index contributed by atoms with van der Waals surface area (Å²) >= 11 is 3.52. The maximum Gasteiger partial charge on any atom is 0.193 e. The Labute approximate surface area is 188 Å². The van der Waals surface area contributed by atoms with Crippen molar-refractivity contribution in [2.75, 3.05) is 33.4 Å². The number of aliphatic imine (C=N–C) groups is 1. The monoisotopic (exact) mass is 551 g/mol. The van der Waals surface area contributed by atoms with Gasteiger partial charge in [0.25, 0.3) is 0 Å². The van der Waals surface area contributed by atoms with Crippen molar-refractivity contribution in [3.05, 3.63) is 33.8 Å². The first-order chi connectivity index (χ1) is 12.7. The third-order valence-electron chi connectivity index (χ3n) is 5.24. The van der Waals surface area contributed by atoms with Crippen molar-refractivity contribution in [1.29, 1.82) is 0 Å².